The zero-order chi connectivity index (χ0) is 20.9. The van der Waals surface area contributed by atoms with Crippen molar-refractivity contribution < 1.29 is 22.5 Å². The normalized spacial score (nSPS) is 13.7. The van der Waals surface area contributed by atoms with E-state index in [9.17, 15) is 18.0 Å². The van der Waals surface area contributed by atoms with Crippen LogP contribution in [0.2, 0.25) is 0 Å². The first kappa shape index (κ1) is 19.9. The first-order valence-electron chi connectivity index (χ1n) is 8.72. The van der Waals surface area contributed by atoms with Crippen molar-refractivity contribution in [2.24, 2.45) is 11.3 Å². The number of anilines is 1. The number of alkyl halides is 3. The number of carbonyl (C=O) groups excluding carboxylic acids is 1. The molecule has 0 spiro atoms. The van der Waals surface area contributed by atoms with Crippen LogP contribution in [-0.2, 0) is 11.0 Å². The minimum Gasteiger partial charge on any atom is -0.338 e. The van der Waals surface area contributed by atoms with Gasteiger partial charge in [0, 0.05) is 12.0 Å². The van der Waals surface area contributed by atoms with Crippen LogP contribution >= 0.6 is 0 Å². The Labute approximate surface area is 159 Å². The molecule has 3 aromatic rings. The van der Waals surface area contributed by atoms with E-state index >= 15 is 0 Å². The van der Waals surface area contributed by atoms with Crippen molar-refractivity contribution in [3.05, 3.63) is 35.5 Å². The first-order valence-corrected chi connectivity index (χ1v) is 8.72. The van der Waals surface area contributed by atoms with Gasteiger partial charge in [0.25, 0.3) is 0 Å². The third-order valence-electron chi connectivity index (χ3n) is 4.75. The number of carbonyl (C=O) groups is 1. The van der Waals surface area contributed by atoms with Crippen molar-refractivity contribution in [1.29, 1.82) is 0 Å². The molecular formula is C19H21F3N4O2. The van der Waals surface area contributed by atoms with E-state index in [-0.39, 0.29) is 34.6 Å². The summed E-state index contributed by atoms with van der Waals surface area (Å²) in [5, 5.41) is 6.50. The van der Waals surface area contributed by atoms with Crippen molar-refractivity contribution in [2.45, 2.75) is 40.8 Å². The summed E-state index contributed by atoms with van der Waals surface area (Å²) in [4.78, 5) is 17.0. The number of hydrogen-bond donors (Lipinski definition) is 1. The minimum absolute atomic E-state index is 0.0755. The number of aromatic nitrogens is 3. The highest BCUT2D eigenvalue weighted by atomic mass is 19.4. The second-order valence-corrected chi connectivity index (χ2v) is 7.86. The molecule has 2 aromatic heterocycles. The highest BCUT2D eigenvalue weighted by Crippen LogP contribution is 2.34. The van der Waals surface area contributed by atoms with E-state index in [4.69, 9.17) is 4.52 Å². The van der Waals surface area contributed by atoms with Gasteiger partial charge in [-0.2, -0.15) is 13.2 Å². The van der Waals surface area contributed by atoms with Crippen LogP contribution in [0.5, 0.6) is 0 Å². The fourth-order valence-corrected chi connectivity index (χ4v) is 2.63. The number of hydrogen-bond acceptors (Lipinski definition) is 4. The lowest BCUT2D eigenvalue weighted by Crippen LogP contribution is -2.31. The second kappa shape index (κ2) is 6.65. The van der Waals surface area contributed by atoms with Gasteiger partial charge in [0.15, 0.2) is 0 Å². The number of fused-ring (bicyclic) bond motifs is 1. The molecule has 1 N–H and O–H groups in total. The molecule has 0 saturated carbocycles. The highest BCUT2D eigenvalue weighted by molar-refractivity contribution is 5.94. The van der Waals surface area contributed by atoms with Gasteiger partial charge in [0.1, 0.15) is 0 Å². The molecule has 0 radical (unpaired) electrons. The van der Waals surface area contributed by atoms with Crippen molar-refractivity contribution in [1.82, 2.24) is 14.7 Å². The molecule has 0 saturated heterocycles. The molecular weight excluding hydrogens is 373 g/mol. The Morgan fingerprint density at radius 1 is 1.21 bits per heavy atom. The number of halogens is 3. The third kappa shape index (κ3) is 3.74. The Hall–Kier alpha value is -2.84. The maximum Gasteiger partial charge on any atom is 0.416 e. The fraction of sp³-hybridized carbons (Fsp3) is 0.421. The molecule has 1 atom stereocenters. The predicted molar refractivity (Wildman–Crippen MR) is 98.1 cm³/mol. The molecule has 0 fully saturated rings. The van der Waals surface area contributed by atoms with Crippen molar-refractivity contribution >= 4 is 22.9 Å². The van der Waals surface area contributed by atoms with Crippen molar-refractivity contribution in [3.63, 3.8) is 0 Å². The van der Waals surface area contributed by atoms with Crippen LogP contribution in [0.3, 0.4) is 0 Å². The average molecular weight is 394 g/mol. The Bertz CT molecular complexity index is 1030. The molecule has 1 aromatic carbocycles. The zero-order valence-corrected chi connectivity index (χ0v) is 16.2. The summed E-state index contributed by atoms with van der Waals surface area (Å²) in [5.74, 6) is -0.413. The molecule has 28 heavy (non-hydrogen) atoms. The van der Waals surface area contributed by atoms with Crippen molar-refractivity contribution in [3.8, 4) is 5.88 Å². The third-order valence-corrected chi connectivity index (χ3v) is 4.75. The summed E-state index contributed by atoms with van der Waals surface area (Å²) in [5.41, 5.74) is -0.124. The van der Waals surface area contributed by atoms with E-state index in [0.717, 1.165) is 12.1 Å². The van der Waals surface area contributed by atoms with E-state index in [2.05, 4.69) is 15.5 Å². The number of rotatable bonds is 3. The van der Waals surface area contributed by atoms with Crippen LogP contribution in [0.4, 0.5) is 19.1 Å². The van der Waals surface area contributed by atoms with Crippen LogP contribution in [-0.4, -0.2) is 20.6 Å². The van der Waals surface area contributed by atoms with Gasteiger partial charge >= 0.3 is 6.18 Å². The van der Waals surface area contributed by atoms with Crippen LogP contribution in [0.25, 0.3) is 16.9 Å². The zero-order valence-electron chi connectivity index (χ0n) is 16.2. The summed E-state index contributed by atoms with van der Waals surface area (Å²) < 4.78 is 46.1. The van der Waals surface area contributed by atoms with Gasteiger partial charge in [0.05, 0.1) is 22.3 Å². The summed E-state index contributed by atoms with van der Waals surface area (Å²) in [7, 11) is 0. The van der Waals surface area contributed by atoms with E-state index < -0.39 is 11.7 Å². The summed E-state index contributed by atoms with van der Waals surface area (Å²) in [6.45, 7) is 9.25. The molecule has 9 heteroatoms. The lowest BCUT2D eigenvalue weighted by molar-refractivity contribution is -0.137. The summed E-state index contributed by atoms with van der Waals surface area (Å²) in [6, 6.07) is 4.75. The standard InChI is InChI=1S/C19H21F3N4O2/c1-10-8-15(28-25-10)26-14-9-12(19(20,21)22)6-7-13(14)23-17(26)24-16(27)11(2)18(3,4)5/h6-9,11H,1-5H3,(H,23,24,27)/t11-/m1/s1. The number of benzene rings is 1. The number of nitrogens with one attached hydrogen (secondary N) is 1. The van der Waals surface area contributed by atoms with Gasteiger partial charge in [-0.05, 0) is 30.5 Å². The van der Waals surface area contributed by atoms with Crippen LogP contribution in [0.1, 0.15) is 39.0 Å². The van der Waals surface area contributed by atoms with Crippen LogP contribution in [0, 0.1) is 18.3 Å². The fourth-order valence-electron chi connectivity index (χ4n) is 2.63. The largest absolute Gasteiger partial charge is 0.416 e. The molecule has 1 amide bonds. The van der Waals surface area contributed by atoms with Gasteiger partial charge in [0.2, 0.25) is 17.7 Å². The second-order valence-electron chi connectivity index (χ2n) is 7.86. The van der Waals surface area contributed by atoms with E-state index in [1.807, 2.05) is 20.8 Å². The van der Waals surface area contributed by atoms with Gasteiger partial charge in [-0.3, -0.25) is 10.1 Å². The Morgan fingerprint density at radius 3 is 2.43 bits per heavy atom. The maximum absolute atomic E-state index is 13.2. The molecule has 2 heterocycles. The topological polar surface area (TPSA) is 73.0 Å². The smallest absolute Gasteiger partial charge is 0.338 e. The van der Waals surface area contributed by atoms with Gasteiger partial charge in [-0.1, -0.05) is 32.9 Å². The molecule has 0 aliphatic rings. The molecule has 0 unspecified atom stereocenters. The van der Waals surface area contributed by atoms with Crippen LogP contribution < -0.4 is 5.32 Å². The average Bonchev–Trinajstić information content (AvgIpc) is 3.14. The van der Waals surface area contributed by atoms with E-state index in [0.29, 0.717) is 11.2 Å². The van der Waals surface area contributed by atoms with E-state index in [1.54, 1.807) is 19.9 Å². The quantitative estimate of drug-likeness (QED) is 0.681. The Kier molecular flexibility index (Phi) is 4.73. The predicted octanol–water partition coefficient (Wildman–Crippen LogP) is 4.96. The molecule has 3 rings (SSSR count). The summed E-state index contributed by atoms with van der Waals surface area (Å²) >= 11 is 0. The van der Waals surface area contributed by atoms with Gasteiger partial charge in [-0.25, -0.2) is 9.55 Å². The summed E-state index contributed by atoms with van der Waals surface area (Å²) in [6.07, 6.45) is -4.51. The van der Waals surface area contributed by atoms with Crippen LogP contribution in [0.15, 0.2) is 28.8 Å². The lowest BCUT2D eigenvalue weighted by Gasteiger charge is -2.25. The lowest BCUT2D eigenvalue weighted by atomic mass is 9.81. The Balaban J connectivity index is 2.15. The maximum atomic E-state index is 13.2. The van der Waals surface area contributed by atoms with Gasteiger partial charge < -0.3 is 4.52 Å². The molecule has 0 aliphatic carbocycles. The van der Waals surface area contributed by atoms with E-state index in [1.165, 1.54) is 10.6 Å². The van der Waals surface area contributed by atoms with Gasteiger partial charge in [-0.15, -0.1) is 0 Å². The molecule has 0 aliphatic heterocycles. The first-order chi connectivity index (χ1) is 12.9. The molecule has 6 nitrogen and oxygen atoms in total. The number of aryl methyl sites for hydroxylation is 1. The van der Waals surface area contributed by atoms with Crippen molar-refractivity contribution in [2.75, 3.05) is 5.32 Å². The monoisotopic (exact) mass is 394 g/mol. The molecule has 0 bridgehead atoms. The Morgan fingerprint density at radius 2 is 1.89 bits per heavy atom. The highest BCUT2D eigenvalue weighted by Gasteiger charge is 2.32. The minimum atomic E-state index is -4.51. The number of amides is 1. The SMILES string of the molecule is Cc1cc(-n2c(NC(=O)[C@@H](C)C(C)(C)C)nc3ccc(C(F)(F)F)cc32)on1. The number of nitrogens with zero attached hydrogens (tertiary/aromatic N) is 3. The number of imidazole rings is 1. The molecule has 150 valence electrons.